The molecule has 2 nitrogen and oxygen atoms in total. The first kappa shape index (κ1) is 11.4. The highest BCUT2D eigenvalue weighted by Gasteiger charge is 2.28. The van der Waals surface area contributed by atoms with Gasteiger partial charge in [0.15, 0.2) is 0 Å². The Bertz CT molecular complexity index is 325. The van der Waals surface area contributed by atoms with Gasteiger partial charge in [-0.2, -0.15) is 0 Å². The molecule has 1 fully saturated rings. The van der Waals surface area contributed by atoms with E-state index in [1.165, 1.54) is 22.0 Å². The standard InChI is InChI=1S/C12H16INO/c13-12-4-2-1-3-10(12)9-14(7-8-15)11-5-6-11/h1-4,11,15H,5-9H2. The quantitative estimate of drug-likeness (QED) is 0.842. The first-order chi connectivity index (χ1) is 7.31. The van der Waals surface area contributed by atoms with Gasteiger partial charge >= 0.3 is 0 Å². The fourth-order valence-corrected chi connectivity index (χ4v) is 2.36. The number of rotatable bonds is 5. The van der Waals surface area contributed by atoms with Crippen LogP contribution in [0.15, 0.2) is 24.3 Å². The van der Waals surface area contributed by atoms with Crippen molar-refractivity contribution in [3.8, 4) is 0 Å². The molecule has 0 amide bonds. The Kier molecular flexibility index (Phi) is 3.99. The highest BCUT2D eigenvalue weighted by molar-refractivity contribution is 14.1. The number of aliphatic hydroxyl groups excluding tert-OH is 1. The van der Waals surface area contributed by atoms with Gasteiger partial charge in [-0.05, 0) is 47.1 Å². The normalized spacial score (nSPS) is 15.9. The van der Waals surface area contributed by atoms with Gasteiger partial charge in [-0.1, -0.05) is 18.2 Å². The third-order valence-corrected chi connectivity index (χ3v) is 3.83. The van der Waals surface area contributed by atoms with Gasteiger partial charge in [0.05, 0.1) is 6.61 Å². The maximum Gasteiger partial charge on any atom is 0.0558 e. The summed E-state index contributed by atoms with van der Waals surface area (Å²) in [4.78, 5) is 2.39. The summed E-state index contributed by atoms with van der Waals surface area (Å²) in [5.74, 6) is 0. The third kappa shape index (κ3) is 3.16. The summed E-state index contributed by atoms with van der Waals surface area (Å²) in [7, 11) is 0. The number of nitrogens with zero attached hydrogens (tertiary/aromatic N) is 1. The number of halogens is 1. The van der Waals surface area contributed by atoms with Gasteiger partial charge in [0.25, 0.3) is 0 Å². The van der Waals surface area contributed by atoms with E-state index in [-0.39, 0.29) is 6.61 Å². The Morgan fingerprint density at radius 3 is 2.67 bits per heavy atom. The van der Waals surface area contributed by atoms with Gasteiger partial charge in [0.2, 0.25) is 0 Å². The lowest BCUT2D eigenvalue weighted by Crippen LogP contribution is -2.28. The van der Waals surface area contributed by atoms with Crippen LogP contribution in [0.25, 0.3) is 0 Å². The fourth-order valence-electron chi connectivity index (χ4n) is 1.80. The maximum atomic E-state index is 9.02. The lowest BCUT2D eigenvalue weighted by atomic mass is 10.2. The minimum atomic E-state index is 0.264. The molecule has 2 rings (SSSR count). The molecule has 1 aromatic carbocycles. The molecule has 0 spiro atoms. The largest absolute Gasteiger partial charge is 0.395 e. The van der Waals surface area contributed by atoms with Crippen LogP contribution in [0.5, 0.6) is 0 Å². The first-order valence-electron chi connectivity index (χ1n) is 5.39. The van der Waals surface area contributed by atoms with Crippen LogP contribution in [0.2, 0.25) is 0 Å². The molecule has 1 aromatic rings. The zero-order valence-electron chi connectivity index (χ0n) is 8.69. The molecule has 1 saturated carbocycles. The van der Waals surface area contributed by atoms with E-state index in [4.69, 9.17) is 5.11 Å². The predicted molar refractivity (Wildman–Crippen MR) is 69.7 cm³/mol. The average Bonchev–Trinajstić information content (AvgIpc) is 3.04. The molecule has 1 aliphatic rings. The van der Waals surface area contributed by atoms with E-state index in [0.29, 0.717) is 6.04 Å². The maximum absolute atomic E-state index is 9.02. The number of benzene rings is 1. The van der Waals surface area contributed by atoms with Crippen molar-refractivity contribution in [1.82, 2.24) is 4.90 Å². The molecule has 1 N–H and O–H groups in total. The van der Waals surface area contributed by atoms with Crippen LogP contribution in [0.3, 0.4) is 0 Å². The van der Waals surface area contributed by atoms with Gasteiger partial charge in [-0.15, -0.1) is 0 Å². The van der Waals surface area contributed by atoms with Crippen molar-refractivity contribution in [3.05, 3.63) is 33.4 Å². The number of aliphatic hydroxyl groups is 1. The van der Waals surface area contributed by atoms with Crippen molar-refractivity contribution in [1.29, 1.82) is 0 Å². The molecule has 0 saturated heterocycles. The molecular formula is C12H16INO. The second-order valence-corrected chi connectivity index (χ2v) is 5.18. The highest BCUT2D eigenvalue weighted by atomic mass is 127. The molecule has 0 aliphatic heterocycles. The second-order valence-electron chi connectivity index (χ2n) is 4.02. The van der Waals surface area contributed by atoms with E-state index < -0.39 is 0 Å². The zero-order valence-corrected chi connectivity index (χ0v) is 10.9. The lowest BCUT2D eigenvalue weighted by Gasteiger charge is -2.21. The summed E-state index contributed by atoms with van der Waals surface area (Å²) in [5.41, 5.74) is 1.37. The molecule has 1 aliphatic carbocycles. The van der Waals surface area contributed by atoms with Gasteiger partial charge in [-0.25, -0.2) is 0 Å². The van der Waals surface area contributed by atoms with Crippen molar-refractivity contribution in [3.63, 3.8) is 0 Å². The molecule has 0 radical (unpaired) electrons. The molecule has 3 heteroatoms. The van der Waals surface area contributed by atoms with Crippen LogP contribution in [-0.4, -0.2) is 29.2 Å². The Labute approximate surface area is 104 Å². The van der Waals surface area contributed by atoms with Crippen LogP contribution >= 0.6 is 22.6 Å². The second kappa shape index (κ2) is 5.27. The minimum Gasteiger partial charge on any atom is -0.395 e. The van der Waals surface area contributed by atoms with Crippen molar-refractivity contribution in [2.24, 2.45) is 0 Å². The van der Waals surface area contributed by atoms with E-state index in [2.05, 4.69) is 51.8 Å². The van der Waals surface area contributed by atoms with Crippen molar-refractivity contribution in [2.75, 3.05) is 13.2 Å². The highest BCUT2D eigenvalue weighted by Crippen LogP contribution is 2.28. The minimum absolute atomic E-state index is 0.264. The van der Waals surface area contributed by atoms with Crippen molar-refractivity contribution < 1.29 is 5.11 Å². The van der Waals surface area contributed by atoms with E-state index in [9.17, 15) is 0 Å². The summed E-state index contributed by atoms with van der Waals surface area (Å²) in [5, 5.41) is 9.02. The van der Waals surface area contributed by atoms with Crippen LogP contribution in [0, 0.1) is 3.57 Å². The molecule has 15 heavy (non-hydrogen) atoms. The molecule has 0 atom stereocenters. The van der Waals surface area contributed by atoms with Gasteiger partial charge < -0.3 is 5.11 Å². The molecule has 0 unspecified atom stereocenters. The molecular weight excluding hydrogens is 301 g/mol. The van der Waals surface area contributed by atoms with E-state index in [1.54, 1.807) is 0 Å². The zero-order chi connectivity index (χ0) is 10.7. The summed E-state index contributed by atoms with van der Waals surface area (Å²) in [6.07, 6.45) is 2.59. The summed E-state index contributed by atoms with van der Waals surface area (Å²) >= 11 is 2.38. The molecule has 0 heterocycles. The SMILES string of the molecule is OCCN(Cc1ccccc1I)C1CC1. The number of hydrogen-bond acceptors (Lipinski definition) is 2. The monoisotopic (exact) mass is 317 g/mol. The lowest BCUT2D eigenvalue weighted by molar-refractivity contribution is 0.183. The van der Waals surface area contributed by atoms with Crippen molar-refractivity contribution in [2.45, 2.75) is 25.4 Å². The Morgan fingerprint density at radius 1 is 1.33 bits per heavy atom. The van der Waals surface area contributed by atoms with Crippen LogP contribution in [0.4, 0.5) is 0 Å². The number of hydrogen-bond donors (Lipinski definition) is 1. The fraction of sp³-hybridized carbons (Fsp3) is 0.500. The van der Waals surface area contributed by atoms with E-state index in [1.807, 2.05) is 0 Å². The van der Waals surface area contributed by atoms with Crippen LogP contribution in [-0.2, 0) is 6.54 Å². The Balaban J connectivity index is 2.02. The smallest absolute Gasteiger partial charge is 0.0558 e. The molecule has 0 aromatic heterocycles. The Morgan fingerprint density at radius 2 is 2.07 bits per heavy atom. The Hall–Kier alpha value is -0.130. The van der Waals surface area contributed by atoms with Crippen LogP contribution in [0.1, 0.15) is 18.4 Å². The summed E-state index contributed by atoms with van der Waals surface area (Å²) < 4.78 is 1.32. The predicted octanol–water partition coefficient (Wildman–Crippen LogP) is 2.25. The first-order valence-corrected chi connectivity index (χ1v) is 6.47. The van der Waals surface area contributed by atoms with Gasteiger partial charge in [0.1, 0.15) is 0 Å². The van der Waals surface area contributed by atoms with E-state index >= 15 is 0 Å². The van der Waals surface area contributed by atoms with Crippen LogP contribution < -0.4 is 0 Å². The van der Waals surface area contributed by atoms with Crippen molar-refractivity contribution >= 4 is 22.6 Å². The summed E-state index contributed by atoms with van der Waals surface area (Å²) in [6, 6.07) is 9.18. The molecule has 82 valence electrons. The third-order valence-electron chi connectivity index (χ3n) is 2.78. The topological polar surface area (TPSA) is 23.5 Å². The van der Waals surface area contributed by atoms with E-state index in [0.717, 1.165) is 13.1 Å². The summed E-state index contributed by atoms with van der Waals surface area (Å²) in [6.45, 7) is 2.04. The average molecular weight is 317 g/mol. The van der Waals surface area contributed by atoms with Gasteiger partial charge in [0, 0.05) is 22.7 Å². The molecule has 0 bridgehead atoms. The van der Waals surface area contributed by atoms with Gasteiger partial charge in [-0.3, -0.25) is 4.90 Å².